The molecule has 0 saturated carbocycles. The van der Waals surface area contributed by atoms with E-state index in [4.69, 9.17) is 0 Å². The molecule has 0 bridgehead atoms. The summed E-state index contributed by atoms with van der Waals surface area (Å²) in [7, 11) is 0. The zero-order valence-corrected chi connectivity index (χ0v) is 15.5. The first kappa shape index (κ1) is 19.3. The summed E-state index contributed by atoms with van der Waals surface area (Å²) < 4.78 is 0. The number of aliphatic hydroxyl groups is 1. The van der Waals surface area contributed by atoms with Gasteiger partial charge in [0.2, 0.25) is 5.91 Å². The van der Waals surface area contributed by atoms with Gasteiger partial charge in [-0.15, -0.1) is 0 Å². The number of rotatable bonds is 6. The van der Waals surface area contributed by atoms with Crippen LogP contribution in [-0.4, -0.2) is 26.1 Å². The fraction of sp³-hybridized carbons (Fsp3) is 0.136. The van der Waals surface area contributed by atoms with Crippen molar-refractivity contribution in [3.63, 3.8) is 0 Å². The second-order valence-electron chi connectivity index (χ2n) is 6.53. The molecule has 0 fully saturated rings. The minimum absolute atomic E-state index is 0.143. The predicted octanol–water partition coefficient (Wildman–Crippen LogP) is 3.84. The first-order chi connectivity index (χ1) is 13.4. The fourth-order valence-electron chi connectivity index (χ4n) is 2.71. The van der Waals surface area contributed by atoms with Crippen molar-refractivity contribution in [1.29, 1.82) is 0 Å². The maximum atomic E-state index is 12.2. The van der Waals surface area contributed by atoms with E-state index in [-0.39, 0.29) is 29.6 Å². The molecule has 0 saturated heterocycles. The summed E-state index contributed by atoms with van der Waals surface area (Å²) in [5.41, 5.74) is 2.84. The van der Waals surface area contributed by atoms with Crippen LogP contribution in [0.25, 0.3) is 11.3 Å². The molecule has 1 heterocycles. The summed E-state index contributed by atoms with van der Waals surface area (Å²) >= 11 is 0. The Morgan fingerprint density at radius 1 is 1.14 bits per heavy atom. The monoisotopic (exact) mass is 375 g/mol. The first-order valence-electron chi connectivity index (χ1n) is 8.77. The number of aromatic nitrogens is 2. The second-order valence-corrected chi connectivity index (χ2v) is 6.53. The minimum atomic E-state index is -1.06. The Bertz CT molecular complexity index is 986. The van der Waals surface area contributed by atoms with Crippen molar-refractivity contribution in [3.8, 4) is 17.0 Å². The molecule has 3 aromatic rings. The lowest BCUT2D eigenvalue weighted by molar-refractivity contribution is -0.115. The Labute approximate surface area is 163 Å². The zero-order valence-electron chi connectivity index (χ0n) is 15.5. The summed E-state index contributed by atoms with van der Waals surface area (Å²) in [5.74, 6) is 0.0655. The number of aliphatic hydroxyl groups excluding tert-OH is 1. The summed E-state index contributed by atoms with van der Waals surface area (Å²) in [5, 5.41) is 23.1. The number of hydrogen-bond donors (Lipinski definition) is 3. The van der Waals surface area contributed by atoms with Crippen LogP contribution in [0.2, 0.25) is 0 Å². The molecular weight excluding hydrogens is 354 g/mol. The van der Waals surface area contributed by atoms with E-state index in [2.05, 4.69) is 21.9 Å². The topological polar surface area (TPSA) is 95.3 Å². The minimum Gasteiger partial charge on any atom is -0.508 e. The van der Waals surface area contributed by atoms with Crippen LogP contribution in [0, 0.1) is 0 Å². The molecule has 3 N–H and O–H groups in total. The normalized spacial score (nSPS) is 11.6. The first-order valence-corrected chi connectivity index (χ1v) is 8.77. The van der Waals surface area contributed by atoms with Crippen LogP contribution >= 0.6 is 0 Å². The van der Waals surface area contributed by atoms with Gasteiger partial charge < -0.3 is 15.5 Å². The molecule has 0 aliphatic heterocycles. The molecule has 0 aliphatic carbocycles. The van der Waals surface area contributed by atoms with Gasteiger partial charge in [0, 0.05) is 12.0 Å². The lowest BCUT2D eigenvalue weighted by Gasteiger charge is -2.16. The van der Waals surface area contributed by atoms with Crippen LogP contribution in [0.1, 0.15) is 30.7 Å². The average Bonchev–Trinajstić information content (AvgIpc) is 2.68. The lowest BCUT2D eigenvalue weighted by atomic mass is 10.1. The van der Waals surface area contributed by atoms with E-state index >= 15 is 0 Å². The number of anilines is 1. The van der Waals surface area contributed by atoms with E-state index in [1.165, 1.54) is 6.20 Å². The number of carbonyl (C=O) groups is 1. The highest BCUT2D eigenvalue weighted by atomic mass is 16.3. The van der Waals surface area contributed by atoms with Crippen molar-refractivity contribution in [2.45, 2.75) is 19.4 Å². The number of nitrogens with zero attached hydrogens (tertiary/aromatic N) is 2. The summed E-state index contributed by atoms with van der Waals surface area (Å²) in [6.45, 7) is 5.50. The van der Waals surface area contributed by atoms with Crippen LogP contribution in [0.4, 0.5) is 5.82 Å². The van der Waals surface area contributed by atoms with E-state index in [0.29, 0.717) is 11.3 Å². The molecule has 28 heavy (non-hydrogen) atoms. The van der Waals surface area contributed by atoms with Crippen molar-refractivity contribution >= 4 is 11.7 Å². The average molecular weight is 375 g/mol. The Morgan fingerprint density at radius 2 is 1.82 bits per heavy atom. The maximum absolute atomic E-state index is 12.2. The molecule has 0 aliphatic rings. The Balaban J connectivity index is 2.02. The van der Waals surface area contributed by atoms with Gasteiger partial charge in [-0.2, -0.15) is 0 Å². The van der Waals surface area contributed by atoms with Crippen molar-refractivity contribution in [3.05, 3.63) is 84.2 Å². The SMILES string of the molecule is C=C(C)CC(=O)Nc1ncc(-c2ccc(O)cc2)nc1C(O)c1ccccc1. The predicted molar refractivity (Wildman–Crippen MR) is 108 cm³/mol. The largest absolute Gasteiger partial charge is 0.508 e. The number of phenolic OH excluding ortho intramolecular Hbond substituents is 1. The third-order valence-corrected chi connectivity index (χ3v) is 4.06. The number of carbonyl (C=O) groups excluding carboxylic acids is 1. The molecule has 6 heteroatoms. The summed E-state index contributed by atoms with van der Waals surface area (Å²) in [6, 6.07) is 15.5. The van der Waals surface area contributed by atoms with Crippen LogP contribution in [0.3, 0.4) is 0 Å². The van der Waals surface area contributed by atoms with Crippen LogP contribution in [-0.2, 0) is 4.79 Å². The van der Waals surface area contributed by atoms with E-state index in [0.717, 1.165) is 11.1 Å². The molecule has 0 spiro atoms. The van der Waals surface area contributed by atoms with Gasteiger partial charge in [0.25, 0.3) is 0 Å². The third kappa shape index (κ3) is 4.61. The quantitative estimate of drug-likeness (QED) is 0.569. The molecule has 0 radical (unpaired) electrons. The van der Waals surface area contributed by atoms with E-state index in [9.17, 15) is 15.0 Å². The van der Waals surface area contributed by atoms with E-state index in [1.54, 1.807) is 43.3 Å². The Morgan fingerprint density at radius 3 is 2.46 bits per heavy atom. The van der Waals surface area contributed by atoms with Crippen LogP contribution in [0.15, 0.2) is 72.9 Å². The van der Waals surface area contributed by atoms with E-state index < -0.39 is 6.10 Å². The van der Waals surface area contributed by atoms with Gasteiger partial charge in [-0.05, 0) is 36.8 Å². The van der Waals surface area contributed by atoms with Crippen molar-refractivity contribution in [2.24, 2.45) is 0 Å². The Hall–Kier alpha value is -3.51. The maximum Gasteiger partial charge on any atom is 0.229 e. The molecule has 1 amide bonds. The summed E-state index contributed by atoms with van der Waals surface area (Å²) in [4.78, 5) is 21.1. The van der Waals surface area contributed by atoms with Crippen molar-refractivity contribution < 1.29 is 15.0 Å². The molecule has 2 aromatic carbocycles. The fourth-order valence-corrected chi connectivity index (χ4v) is 2.71. The van der Waals surface area contributed by atoms with Gasteiger partial charge in [-0.1, -0.05) is 42.5 Å². The number of nitrogens with one attached hydrogen (secondary N) is 1. The van der Waals surface area contributed by atoms with E-state index in [1.807, 2.05) is 18.2 Å². The number of phenols is 1. The van der Waals surface area contributed by atoms with Gasteiger partial charge in [0.05, 0.1) is 11.9 Å². The molecule has 3 rings (SSSR count). The lowest BCUT2D eigenvalue weighted by Crippen LogP contribution is -2.17. The second kappa shape index (κ2) is 8.45. The standard InChI is InChI=1S/C22H21N3O3/c1-14(2)12-19(27)25-22-20(21(28)16-6-4-3-5-7-16)24-18(13-23-22)15-8-10-17(26)11-9-15/h3-11,13,21,26,28H,1,12H2,2H3,(H,23,25,27). The van der Waals surface area contributed by atoms with Crippen molar-refractivity contribution in [2.75, 3.05) is 5.32 Å². The summed E-state index contributed by atoms with van der Waals surface area (Å²) in [6.07, 6.45) is 0.609. The number of amides is 1. The molecule has 1 aromatic heterocycles. The highest BCUT2D eigenvalue weighted by molar-refractivity contribution is 5.92. The number of hydrogen-bond acceptors (Lipinski definition) is 5. The molecule has 1 unspecified atom stereocenters. The molecule has 1 atom stereocenters. The van der Waals surface area contributed by atoms with Gasteiger partial charge in [-0.25, -0.2) is 9.97 Å². The number of aromatic hydroxyl groups is 1. The highest BCUT2D eigenvalue weighted by Crippen LogP contribution is 2.29. The third-order valence-electron chi connectivity index (χ3n) is 4.06. The number of benzene rings is 2. The van der Waals surface area contributed by atoms with Crippen LogP contribution < -0.4 is 5.32 Å². The molecular formula is C22H21N3O3. The Kier molecular flexibility index (Phi) is 5.81. The van der Waals surface area contributed by atoms with Gasteiger partial charge >= 0.3 is 0 Å². The van der Waals surface area contributed by atoms with Gasteiger partial charge in [0.1, 0.15) is 17.5 Å². The molecule has 142 valence electrons. The van der Waals surface area contributed by atoms with Gasteiger partial charge in [0.15, 0.2) is 5.82 Å². The van der Waals surface area contributed by atoms with Gasteiger partial charge in [-0.3, -0.25) is 4.79 Å². The van der Waals surface area contributed by atoms with Crippen molar-refractivity contribution in [1.82, 2.24) is 9.97 Å². The highest BCUT2D eigenvalue weighted by Gasteiger charge is 2.20. The van der Waals surface area contributed by atoms with Crippen LogP contribution in [0.5, 0.6) is 5.75 Å². The molecule has 6 nitrogen and oxygen atoms in total. The zero-order chi connectivity index (χ0) is 20.1. The smallest absolute Gasteiger partial charge is 0.229 e.